The first-order valence-corrected chi connectivity index (χ1v) is 12.4. The van der Waals surface area contributed by atoms with E-state index in [9.17, 15) is 18.0 Å². The number of hydrogen-bond acceptors (Lipinski definition) is 6. The Labute approximate surface area is 199 Å². The van der Waals surface area contributed by atoms with E-state index in [-0.39, 0.29) is 11.4 Å². The second kappa shape index (κ2) is 9.54. The van der Waals surface area contributed by atoms with Crippen LogP contribution in [0.25, 0.3) is 10.8 Å². The summed E-state index contributed by atoms with van der Waals surface area (Å²) in [6.07, 6.45) is 0.650. The van der Waals surface area contributed by atoms with Gasteiger partial charge in [0.05, 0.1) is 12.0 Å². The first-order valence-electron chi connectivity index (χ1n) is 10.9. The van der Waals surface area contributed by atoms with Gasteiger partial charge in [0.2, 0.25) is 10.0 Å². The standard InChI is InChI=1S/C25H27N3O5S/c1-27(2)14-5-15-28-24(29)20-7-4-6-19-22(13-12-21(23(19)20)25(28)30)34(31,32)26-16-17-8-10-18(33-3)11-9-17/h4,6-13,26H,5,14-16H2,1-3H3. The molecule has 9 heteroatoms. The molecular weight excluding hydrogens is 454 g/mol. The third-order valence-electron chi connectivity index (χ3n) is 5.85. The predicted octanol–water partition coefficient (Wildman–Crippen LogP) is 2.87. The fraction of sp³-hybridized carbons (Fsp3) is 0.280. The second-order valence-corrected chi connectivity index (χ2v) is 10.2. The Balaban J connectivity index is 1.65. The van der Waals surface area contributed by atoms with Gasteiger partial charge in [-0.2, -0.15) is 0 Å². The van der Waals surface area contributed by atoms with Crippen LogP contribution in [-0.4, -0.2) is 64.3 Å². The van der Waals surface area contributed by atoms with Gasteiger partial charge >= 0.3 is 0 Å². The first kappa shape index (κ1) is 23.9. The van der Waals surface area contributed by atoms with Gasteiger partial charge in [0.25, 0.3) is 11.8 Å². The van der Waals surface area contributed by atoms with Gasteiger partial charge in [-0.1, -0.05) is 24.3 Å². The average molecular weight is 482 g/mol. The molecule has 0 bridgehead atoms. The molecule has 3 aromatic rings. The molecule has 0 saturated carbocycles. The molecule has 1 N–H and O–H groups in total. The van der Waals surface area contributed by atoms with Gasteiger partial charge < -0.3 is 9.64 Å². The lowest BCUT2D eigenvalue weighted by atomic mass is 9.94. The quantitative estimate of drug-likeness (QED) is 0.472. The summed E-state index contributed by atoms with van der Waals surface area (Å²) in [5, 5.41) is 0.737. The van der Waals surface area contributed by atoms with Crippen LogP contribution in [0.3, 0.4) is 0 Å². The summed E-state index contributed by atoms with van der Waals surface area (Å²) < 4.78 is 34.1. The summed E-state index contributed by atoms with van der Waals surface area (Å²) in [5.74, 6) is -0.120. The molecule has 3 aromatic carbocycles. The van der Waals surface area contributed by atoms with E-state index in [0.29, 0.717) is 40.6 Å². The van der Waals surface area contributed by atoms with Crippen molar-refractivity contribution in [2.24, 2.45) is 0 Å². The zero-order valence-electron chi connectivity index (χ0n) is 19.4. The van der Waals surface area contributed by atoms with Gasteiger partial charge in [-0.05, 0) is 63.0 Å². The van der Waals surface area contributed by atoms with Crippen LogP contribution in [0.2, 0.25) is 0 Å². The summed E-state index contributed by atoms with van der Waals surface area (Å²) in [5.41, 5.74) is 1.44. The van der Waals surface area contributed by atoms with Crippen molar-refractivity contribution < 1.29 is 22.7 Å². The minimum absolute atomic E-state index is 0.0308. The number of hydrogen-bond donors (Lipinski definition) is 1. The Bertz CT molecular complexity index is 1330. The molecule has 0 saturated heterocycles. The van der Waals surface area contributed by atoms with Crippen molar-refractivity contribution in [3.05, 3.63) is 71.3 Å². The van der Waals surface area contributed by atoms with E-state index in [0.717, 1.165) is 12.1 Å². The minimum Gasteiger partial charge on any atom is -0.497 e. The SMILES string of the molecule is COc1ccc(CNS(=O)(=O)c2ccc3c4c(cccc24)C(=O)N(CCCN(C)C)C3=O)cc1. The maximum atomic E-state index is 13.2. The van der Waals surface area contributed by atoms with Crippen molar-refractivity contribution in [2.75, 3.05) is 34.3 Å². The van der Waals surface area contributed by atoms with Crippen LogP contribution < -0.4 is 9.46 Å². The van der Waals surface area contributed by atoms with Crippen molar-refractivity contribution in [3.8, 4) is 5.75 Å². The monoisotopic (exact) mass is 481 g/mol. The van der Waals surface area contributed by atoms with Crippen molar-refractivity contribution in [1.29, 1.82) is 0 Å². The van der Waals surface area contributed by atoms with Gasteiger partial charge in [-0.25, -0.2) is 13.1 Å². The number of carbonyl (C=O) groups is 2. The van der Waals surface area contributed by atoms with Crippen LogP contribution in [-0.2, 0) is 16.6 Å². The Morgan fingerprint density at radius 1 is 0.941 bits per heavy atom. The largest absolute Gasteiger partial charge is 0.497 e. The molecule has 8 nitrogen and oxygen atoms in total. The molecule has 0 fully saturated rings. The molecule has 1 aliphatic rings. The lowest BCUT2D eigenvalue weighted by molar-refractivity contribution is 0.0605. The number of carbonyl (C=O) groups excluding carboxylic acids is 2. The Morgan fingerprint density at radius 2 is 1.62 bits per heavy atom. The Kier molecular flexibility index (Phi) is 6.70. The topological polar surface area (TPSA) is 96.0 Å². The number of nitrogens with one attached hydrogen (secondary N) is 1. The minimum atomic E-state index is -3.91. The zero-order chi connectivity index (χ0) is 24.5. The molecule has 1 heterocycles. The molecule has 0 unspecified atom stereocenters. The van der Waals surface area contributed by atoms with Crippen LogP contribution >= 0.6 is 0 Å². The Morgan fingerprint density at radius 3 is 2.26 bits per heavy atom. The first-order chi connectivity index (χ1) is 16.2. The smallest absolute Gasteiger partial charge is 0.261 e. The van der Waals surface area contributed by atoms with Crippen molar-refractivity contribution >= 4 is 32.6 Å². The molecule has 4 rings (SSSR count). The van der Waals surface area contributed by atoms with Gasteiger partial charge in [-0.15, -0.1) is 0 Å². The van der Waals surface area contributed by atoms with Crippen molar-refractivity contribution in [1.82, 2.24) is 14.5 Å². The lowest BCUT2D eigenvalue weighted by Gasteiger charge is -2.28. The van der Waals surface area contributed by atoms with Crippen LogP contribution in [0.15, 0.2) is 59.5 Å². The Hall–Kier alpha value is -3.27. The number of rotatable bonds is 9. The highest BCUT2D eigenvalue weighted by atomic mass is 32.2. The molecule has 0 radical (unpaired) electrons. The van der Waals surface area contributed by atoms with Crippen LogP contribution in [0.5, 0.6) is 5.75 Å². The summed E-state index contributed by atoms with van der Waals surface area (Å²) >= 11 is 0. The van der Waals surface area contributed by atoms with E-state index in [4.69, 9.17) is 4.74 Å². The number of benzene rings is 3. The summed E-state index contributed by atoms with van der Waals surface area (Å²) in [7, 11) is 1.51. The zero-order valence-corrected chi connectivity index (χ0v) is 20.2. The fourth-order valence-electron chi connectivity index (χ4n) is 4.10. The third-order valence-corrected chi connectivity index (χ3v) is 7.31. The molecule has 34 heavy (non-hydrogen) atoms. The molecule has 178 valence electrons. The number of methoxy groups -OCH3 is 1. The van der Waals surface area contributed by atoms with Gasteiger partial charge in [0, 0.05) is 35.0 Å². The third kappa shape index (κ3) is 4.54. The predicted molar refractivity (Wildman–Crippen MR) is 130 cm³/mol. The van der Waals surface area contributed by atoms with Gasteiger partial charge in [0.1, 0.15) is 5.75 Å². The fourth-order valence-corrected chi connectivity index (χ4v) is 5.32. The highest BCUT2D eigenvalue weighted by Crippen LogP contribution is 2.34. The molecule has 0 atom stereocenters. The van der Waals surface area contributed by atoms with E-state index >= 15 is 0 Å². The lowest BCUT2D eigenvalue weighted by Crippen LogP contribution is -2.41. The van der Waals surface area contributed by atoms with E-state index in [1.165, 1.54) is 17.0 Å². The van der Waals surface area contributed by atoms with Crippen molar-refractivity contribution in [3.63, 3.8) is 0 Å². The summed E-state index contributed by atoms with van der Waals surface area (Å²) in [6.45, 7) is 1.13. The maximum Gasteiger partial charge on any atom is 0.261 e. The second-order valence-electron chi connectivity index (χ2n) is 8.43. The number of amides is 2. The van der Waals surface area contributed by atoms with Gasteiger partial charge in [-0.3, -0.25) is 14.5 Å². The van der Waals surface area contributed by atoms with E-state index < -0.39 is 21.8 Å². The number of imide groups is 1. The molecule has 0 spiro atoms. The van der Waals surface area contributed by atoms with Gasteiger partial charge in [0.15, 0.2) is 0 Å². The van der Waals surface area contributed by atoms with E-state index in [1.807, 2.05) is 19.0 Å². The average Bonchev–Trinajstić information content (AvgIpc) is 2.83. The molecular formula is C25H27N3O5S. The summed E-state index contributed by atoms with van der Waals surface area (Å²) in [4.78, 5) is 29.5. The molecule has 2 amide bonds. The van der Waals surface area contributed by atoms with E-state index in [1.54, 1.807) is 49.6 Å². The maximum absolute atomic E-state index is 13.2. The number of ether oxygens (including phenoxy) is 1. The molecule has 0 aromatic heterocycles. The highest BCUT2D eigenvalue weighted by molar-refractivity contribution is 7.89. The molecule has 0 aliphatic carbocycles. The van der Waals surface area contributed by atoms with Crippen LogP contribution in [0.4, 0.5) is 0 Å². The normalized spacial score (nSPS) is 13.7. The molecule has 1 aliphatic heterocycles. The summed E-state index contributed by atoms with van der Waals surface area (Å²) in [6, 6.07) is 14.9. The number of nitrogens with zero attached hydrogens (tertiary/aromatic N) is 2. The highest BCUT2D eigenvalue weighted by Gasteiger charge is 2.34. The number of sulfonamides is 1. The van der Waals surface area contributed by atoms with Crippen molar-refractivity contribution in [2.45, 2.75) is 17.9 Å². The van der Waals surface area contributed by atoms with Crippen LogP contribution in [0, 0.1) is 0 Å². The van der Waals surface area contributed by atoms with Crippen LogP contribution in [0.1, 0.15) is 32.7 Å². The van der Waals surface area contributed by atoms with E-state index in [2.05, 4.69) is 4.72 Å².